The number of nitrogens with zero attached hydrogens (tertiary/aromatic N) is 2. The summed E-state index contributed by atoms with van der Waals surface area (Å²) in [5.41, 5.74) is 5.76. The molecule has 0 aliphatic rings. The minimum Gasteiger partial charge on any atom is -0.489 e. The molecule has 0 radical (unpaired) electrons. The van der Waals surface area contributed by atoms with Crippen molar-refractivity contribution in [2.45, 2.75) is 13.2 Å². The molecule has 0 saturated heterocycles. The summed E-state index contributed by atoms with van der Waals surface area (Å²) in [6.07, 6.45) is 2.78. The van der Waals surface area contributed by atoms with Crippen molar-refractivity contribution in [2.24, 2.45) is 0 Å². The lowest BCUT2D eigenvalue weighted by Crippen LogP contribution is -2.21. The summed E-state index contributed by atoms with van der Waals surface area (Å²) < 4.78 is 41.4. The number of halogens is 1. The normalized spacial score (nSPS) is 11.4. The minimum atomic E-state index is -2.97. The molecular formula is C31H29FN4O3S. The van der Waals surface area contributed by atoms with Gasteiger partial charge in [0.05, 0.1) is 11.3 Å². The molecule has 1 heterocycles. The van der Waals surface area contributed by atoms with Gasteiger partial charge in [-0.25, -0.2) is 22.8 Å². The van der Waals surface area contributed by atoms with Gasteiger partial charge in [0.25, 0.3) is 0 Å². The zero-order chi connectivity index (χ0) is 28.0. The molecule has 0 spiro atoms. The van der Waals surface area contributed by atoms with E-state index in [1.54, 1.807) is 18.5 Å². The van der Waals surface area contributed by atoms with Crippen LogP contribution in [0.4, 0.5) is 15.9 Å². The zero-order valence-electron chi connectivity index (χ0n) is 22.0. The molecule has 0 aliphatic carbocycles. The first-order chi connectivity index (χ1) is 19.3. The molecule has 0 bridgehead atoms. The van der Waals surface area contributed by atoms with Gasteiger partial charge in [0, 0.05) is 30.4 Å². The van der Waals surface area contributed by atoms with Gasteiger partial charge in [-0.1, -0.05) is 42.5 Å². The maximum absolute atomic E-state index is 13.1. The van der Waals surface area contributed by atoms with Gasteiger partial charge in [0.1, 0.15) is 40.2 Å². The summed E-state index contributed by atoms with van der Waals surface area (Å²) in [7, 11) is -2.97. The Labute approximate surface area is 233 Å². The first-order valence-corrected chi connectivity index (χ1v) is 14.9. The average Bonchev–Trinajstić information content (AvgIpc) is 2.95. The standard InChI is InChI=1S/C31H29FN4O3S/c1-40(37,38)17-16-33-19-22-2-6-24(7-3-22)25-8-15-29-30(18-25)34-21-35-31(29)36-27-11-13-28(14-12-27)39-20-23-4-9-26(32)10-5-23/h2-15,18,21,33H,16-17,19-20H2,1H3,(H,34,35,36). The number of ether oxygens (including phenoxy) is 1. The van der Waals surface area contributed by atoms with E-state index in [4.69, 9.17) is 4.74 Å². The predicted molar refractivity (Wildman–Crippen MR) is 157 cm³/mol. The summed E-state index contributed by atoms with van der Waals surface area (Å²) >= 11 is 0. The van der Waals surface area contributed by atoms with E-state index in [0.717, 1.165) is 38.8 Å². The van der Waals surface area contributed by atoms with Crippen LogP contribution >= 0.6 is 0 Å². The van der Waals surface area contributed by atoms with Crippen LogP contribution in [-0.4, -0.2) is 36.9 Å². The number of fused-ring (bicyclic) bond motifs is 1. The Morgan fingerprint density at radius 2 is 1.52 bits per heavy atom. The van der Waals surface area contributed by atoms with Crippen molar-refractivity contribution >= 4 is 32.2 Å². The van der Waals surface area contributed by atoms with Gasteiger partial charge in [0.2, 0.25) is 0 Å². The molecule has 4 aromatic carbocycles. The maximum atomic E-state index is 13.1. The summed E-state index contributed by atoms with van der Waals surface area (Å²) in [5.74, 6) is 1.27. The van der Waals surface area contributed by atoms with Crippen LogP contribution in [-0.2, 0) is 23.0 Å². The fourth-order valence-electron chi connectivity index (χ4n) is 4.16. The SMILES string of the molecule is CS(=O)(=O)CCNCc1ccc(-c2ccc3c(Nc4ccc(OCc5ccc(F)cc5)cc4)ncnc3c2)cc1. The Hall–Kier alpha value is -4.34. The number of benzene rings is 4. The Morgan fingerprint density at radius 3 is 2.25 bits per heavy atom. The van der Waals surface area contributed by atoms with Crippen molar-refractivity contribution in [1.29, 1.82) is 0 Å². The number of anilines is 2. The number of nitrogens with one attached hydrogen (secondary N) is 2. The van der Waals surface area contributed by atoms with Crippen molar-refractivity contribution < 1.29 is 17.5 Å². The van der Waals surface area contributed by atoms with Crippen LogP contribution in [0.25, 0.3) is 22.0 Å². The largest absolute Gasteiger partial charge is 0.489 e. The van der Waals surface area contributed by atoms with Crippen LogP contribution < -0.4 is 15.4 Å². The lowest BCUT2D eigenvalue weighted by molar-refractivity contribution is 0.306. The van der Waals surface area contributed by atoms with Crippen molar-refractivity contribution in [3.8, 4) is 16.9 Å². The van der Waals surface area contributed by atoms with Crippen molar-refractivity contribution in [3.63, 3.8) is 0 Å². The second-order valence-electron chi connectivity index (χ2n) is 9.52. The molecule has 0 atom stereocenters. The van der Waals surface area contributed by atoms with Gasteiger partial charge in [0.15, 0.2) is 0 Å². The van der Waals surface area contributed by atoms with E-state index in [2.05, 4.69) is 32.7 Å². The third kappa shape index (κ3) is 7.40. The van der Waals surface area contributed by atoms with Gasteiger partial charge in [-0.15, -0.1) is 0 Å². The van der Waals surface area contributed by atoms with E-state index in [9.17, 15) is 12.8 Å². The quantitative estimate of drug-likeness (QED) is 0.196. The highest BCUT2D eigenvalue weighted by Crippen LogP contribution is 2.29. The molecule has 0 unspecified atom stereocenters. The molecule has 7 nitrogen and oxygen atoms in total. The predicted octanol–water partition coefficient (Wildman–Crippen LogP) is 5.89. The van der Waals surface area contributed by atoms with Gasteiger partial charge in [-0.3, -0.25) is 0 Å². The molecule has 0 amide bonds. The van der Waals surface area contributed by atoms with Crippen LogP contribution in [0, 0.1) is 5.82 Å². The van der Waals surface area contributed by atoms with Crippen LogP contribution in [0.3, 0.4) is 0 Å². The third-order valence-corrected chi connectivity index (χ3v) is 7.28. The maximum Gasteiger partial charge on any atom is 0.148 e. The molecule has 40 heavy (non-hydrogen) atoms. The van der Waals surface area contributed by atoms with Crippen molar-refractivity contribution in [3.05, 3.63) is 114 Å². The lowest BCUT2D eigenvalue weighted by atomic mass is 10.0. The molecule has 0 fully saturated rings. The number of hydrogen-bond donors (Lipinski definition) is 2. The van der Waals surface area contributed by atoms with Gasteiger partial charge in [-0.05, 0) is 70.8 Å². The van der Waals surface area contributed by atoms with Crippen LogP contribution in [0.15, 0.2) is 97.3 Å². The molecule has 0 aliphatic heterocycles. The summed E-state index contributed by atoms with van der Waals surface area (Å²) in [4.78, 5) is 8.92. The van der Waals surface area contributed by atoms with E-state index in [-0.39, 0.29) is 11.6 Å². The molecule has 2 N–H and O–H groups in total. The van der Waals surface area contributed by atoms with E-state index in [0.29, 0.717) is 31.3 Å². The number of rotatable bonds is 11. The van der Waals surface area contributed by atoms with E-state index in [1.807, 2.05) is 54.6 Å². The Kier molecular flexibility index (Phi) is 8.33. The van der Waals surface area contributed by atoms with Gasteiger partial charge < -0.3 is 15.4 Å². The molecule has 9 heteroatoms. The highest BCUT2D eigenvalue weighted by molar-refractivity contribution is 7.90. The molecule has 0 saturated carbocycles. The third-order valence-electron chi connectivity index (χ3n) is 6.34. The summed E-state index contributed by atoms with van der Waals surface area (Å²) in [5, 5.41) is 7.42. The highest BCUT2D eigenvalue weighted by atomic mass is 32.2. The second-order valence-corrected chi connectivity index (χ2v) is 11.8. The van der Waals surface area contributed by atoms with Crippen LogP contribution in [0.5, 0.6) is 5.75 Å². The molecule has 1 aromatic heterocycles. The summed E-state index contributed by atoms with van der Waals surface area (Å²) in [6.45, 7) is 1.39. The second kappa shape index (κ2) is 12.2. The Morgan fingerprint density at radius 1 is 0.825 bits per heavy atom. The van der Waals surface area contributed by atoms with Gasteiger partial charge in [-0.2, -0.15) is 0 Å². The molecular weight excluding hydrogens is 527 g/mol. The fourth-order valence-corrected chi connectivity index (χ4v) is 4.68. The highest BCUT2D eigenvalue weighted by Gasteiger charge is 2.08. The number of sulfone groups is 1. The monoisotopic (exact) mass is 556 g/mol. The zero-order valence-corrected chi connectivity index (χ0v) is 22.8. The van der Waals surface area contributed by atoms with E-state index in [1.165, 1.54) is 18.4 Å². The topological polar surface area (TPSA) is 93.2 Å². The first kappa shape index (κ1) is 27.2. The molecule has 5 rings (SSSR count). The molecule has 204 valence electrons. The van der Waals surface area contributed by atoms with E-state index < -0.39 is 9.84 Å². The first-order valence-electron chi connectivity index (χ1n) is 12.8. The summed E-state index contributed by atoms with van der Waals surface area (Å²) in [6, 6.07) is 28.1. The molecule has 5 aromatic rings. The number of hydrogen-bond acceptors (Lipinski definition) is 7. The smallest absolute Gasteiger partial charge is 0.148 e. The van der Waals surface area contributed by atoms with Crippen LogP contribution in [0.2, 0.25) is 0 Å². The van der Waals surface area contributed by atoms with Crippen molar-refractivity contribution in [1.82, 2.24) is 15.3 Å². The Balaban J connectivity index is 1.22. The van der Waals surface area contributed by atoms with Crippen LogP contribution in [0.1, 0.15) is 11.1 Å². The number of aromatic nitrogens is 2. The fraction of sp³-hybridized carbons (Fsp3) is 0.161. The van der Waals surface area contributed by atoms with E-state index >= 15 is 0 Å². The van der Waals surface area contributed by atoms with Gasteiger partial charge >= 0.3 is 0 Å². The lowest BCUT2D eigenvalue weighted by Gasteiger charge is -2.11. The van der Waals surface area contributed by atoms with Crippen molar-refractivity contribution in [2.75, 3.05) is 23.9 Å². The average molecular weight is 557 g/mol. The minimum absolute atomic E-state index is 0.124. The Bertz CT molecular complexity index is 1690.